The summed E-state index contributed by atoms with van der Waals surface area (Å²) in [5.74, 6) is 0.773. The monoisotopic (exact) mass is 303 g/mol. The number of rotatable bonds is 4. The van der Waals surface area contributed by atoms with Crippen molar-refractivity contribution in [3.05, 3.63) is 46.6 Å². The lowest BCUT2D eigenvalue weighted by Crippen LogP contribution is -2.23. The number of nitrogens with one attached hydrogen (secondary N) is 2. The van der Waals surface area contributed by atoms with E-state index in [2.05, 4.69) is 15.6 Å². The van der Waals surface area contributed by atoms with Gasteiger partial charge in [-0.05, 0) is 37.6 Å². The molecule has 1 aromatic heterocycles. The third kappa shape index (κ3) is 4.32. The fraction of sp³-hybridized carbons (Fsp3) is 0.200. The number of amides is 2. The molecular weight excluding hydrogens is 286 g/mol. The summed E-state index contributed by atoms with van der Waals surface area (Å²) >= 11 is 1.45. The largest absolute Gasteiger partial charge is 0.497 e. The van der Waals surface area contributed by atoms with E-state index in [-0.39, 0.29) is 6.03 Å². The molecule has 6 heteroatoms. The summed E-state index contributed by atoms with van der Waals surface area (Å²) in [6.45, 7) is 3.89. The minimum Gasteiger partial charge on any atom is -0.497 e. The summed E-state index contributed by atoms with van der Waals surface area (Å²) in [7, 11) is 1.62. The van der Waals surface area contributed by atoms with Crippen molar-refractivity contribution in [3.8, 4) is 5.75 Å². The first-order chi connectivity index (χ1) is 10.1. The quantitative estimate of drug-likeness (QED) is 0.907. The zero-order chi connectivity index (χ0) is 15.2. The van der Waals surface area contributed by atoms with E-state index in [1.807, 2.05) is 38.1 Å². The van der Waals surface area contributed by atoms with Gasteiger partial charge < -0.3 is 10.1 Å². The van der Waals surface area contributed by atoms with E-state index in [4.69, 9.17) is 4.74 Å². The first-order valence-electron chi connectivity index (χ1n) is 6.40. The molecule has 110 valence electrons. The fourth-order valence-electron chi connectivity index (χ4n) is 1.62. The summed E-state index contributed by atoms with van der Waals surface area (Å²) in [6, 6.07) is 7.24. The van der Waals surface area contributed by atoms with Gasteiger partial charge in [-0.15, -0.1) is 11.3 Å². The molecule has 0 unspecified atom stereocenters. The second-order valence-corrected chi connectivity index (χ2v) is 5.57. The Hall–Kier alpha value is -2.34. The molecule has 0 spiro atoms. The van der Waals surface area contributed by atoms with Gasteiger partial charge in [-0.2, -0.15) is 0 Å². The number of benzene rings is 1. The molecule has 0 aliphatic heterocycles. The molecule has 5 nitrogen and oxygen atoms in total. The van der Waals surface area contributed by atoms with Gasteiger partial charge in [0, 0.05) is 11.1 Å². The van der Waals surface area contributed by atoms with Crippen LogP contribution in [0.3, 0.4) is 0 Å². The number of nitrogens with zero attached hydrogens (tertiary/aromatic N) is 1. The molecule has 0 aliphatic rings. The zero-order valence-corrected chi connectivity index (χ0v) is 13.0. The molecular formula is C15H17N3O2S. The highest BCUT2D eigenvalue weighted by molar-refractivity contribution is 7.15. The standard InChI is InChI=1S/C15H17N3O2S/c1-10-11(2)21-15(17-10)18-14(19)16-8-7-12-5-4-6-13(9-12)20-3/h4-9H,1-3H3,(H2,16,17,18,19)/b8-7+. The van der Waals surface area contributed by atoms with Gasteiger partial charge >= 0.3 is 6.03 Å². The minimum atomic E-state index is -0.317. The van der Waals surface area contributed by atoms with Crippen LogP contribution in [-0.4, -0.2) is 18.1 Å². The summed E-state index contributed by atoms with van der Waals surface area (Å²) < 4.78 is 5.13. The van der Waals surface area contributed by atoms with E-state index >= 15 is 0 Å². The summed E-state index contributed by atoms with van der Waals surface area (Å²) in [6.07, 6.45) is 3.37. The van der Waals surface area contributed by atoms with Gasteiger partial charge in [0.15, 0.2) is 5.13 Å². The van der Waals surface area contributed by atoms with E-state index in [0.29, 0.717) is 5.13 Å². The number of ether oxygens (including phenoxy) is 1. The van der Waals surface area contributed by atoms with E-state index in [1.54, 1.807) is 19.4 Å². The molecule has 21 heavy (non-hydrogen) atoms. The summed E-state index contributed by atoms with van der Waals surface area (Å²) in [5.41, 5.74) is 1.87. The van der Waals surface area contributed by atoms with Crippen molar-refractivity contribution in [2.75, 3.05) is 12.4 Å². The van der Waals surface area contributed by atoms with E-state index < -0.39 is 0 Å². The Morgan fingerprint density at radius 2 is 2.19 bits per heavy atom. The van der Waals surface area contributed by atoms with Crippen LogP contribution in [0.1, 0.15) is 16.1 Å². The van der Waals surface area contributed by atoms with Gasteiger partial charge in [0.25, 0.3) is 0 Å². The summed E-state index contributed by atoms with van der Waals surface area (Å²) in [4.78, 5) is 17.1. The third-order valence-electron chi connectivity index (χ3n) is 2.83. The fourth-order valence-corrected chi connectivity index (χ4v) is 2.43. The number of thiazole rings is 1. The molecule has 2 N–H and O–H groups in total. The molecule has 0 radical (unpaired) electrons. The molecule has 0 saturated heterocycles. The molecule has 0 saturated carbocycles. The van der Waals surface area contributed by atoms with Crippen LogP contribution in [-0.2, 0) is 0 Å². The Kier molecular flexibility index (Phi) is 4.94. The summed E-state index contributed by atoms with van der Waals surface area (Å²) in [5, 5.41) is 5.93. The topological polar surface area (TPSA) is 63.2 Å². The van der Waals surface area contributed by atoms with Gasteiger partial charge in [0.2, 0.25) is 0 Å². The highest BCUT2D eigenvalue weighted by Gasteiger charge is 2.06. The Morgan fingerprint density at radius 3 is 2.86 bits per heavy atom. The molecule has 0 aliphatic carbocycles. The van der Waals surface area contributed by atoms with E-state index in [1.165, 1.54) is 11.3 Å². The zero-order valence-electron chi connectivity index (χ0n) is 12.1. The van der Waals surface area contributed by atoms with Crippen LogP contribution in [0.4, 0.5) is 9.93 Å². The molecule has 0 atom stereocenters. The van der Waals surface area contributed by atoms with E-state index in [9.17, 15) is 4.79 Å². The average Bonchev–Trinajstić information content (AvgIpc) is 2.77. The highest BCUT2D eigenvalue weighted by atomic mass is 32.1. The second kappa shape index (κ2) is 6.90. The first-order valence-corrected chi connectivity index (χ1v) is 7.22. The maximum absolute atomic E-state index is 11.7. The molecule has 0 bridgehead atoms. The predicted molar refractivity (Wildman–Crippen MR) is 85.8 cm³/mol. The molecule has 2 rings (SSSR count). The number of aryl methyl sites for hydroxylation is 2. The molecule has 0 fully saturated rings. The van der Waals surface area contributed by atoms with Crippen molar-refractivity contribution in [1.82, 2.24) is 10.3 Å². The number of aromatic nitrogens is 1. The number of urea groups is 1. The first kappa shape index (κ1) is 15.1. The minimum absolute atomic E-state index is 0.317. The van der Waals surface area contributed by atoms with E-state index in [0.717, 1.165) is 21.9 Å². The molecule has 1 aromatic carbocycles. The molecule has 2 amide bonds. The van der Waals surface area contributed by atoms with Crippen LogP contribution in [0.15, 0.2) is 30.5 Å². The van der Waals surface area contributed by atoms with Crippen LogP contribution >= 0.6 is 11.3 Å². The molecule has 2 aromatic rings. The van der Waals surface area contributed by atoms with Crippen LogP contribution < -0.4 is 15.4 Å². The van der Waals surface area contributed by atoms with Gasteiger partial charge in [-0.3, -0.25) is 5.32 Å². The average molecular weight is 303 g/mol. The lowest BCUT2D eigenvalue weighted by molar-refractivity contribution is 0.255. The SMILES string of the molecule is COc1cccc(/C=C/NC(=O)Nc2nc(C)c(C)s2)c1. The number of anilines is 1. The number of hydrogen-bond acceptors (Lipinski definition) is 4. The van der Waals surface area contributed by atoms with Crippen molar-refractivity contribution in [2.45, 2.75) is 13.8 Å². The van der Waals surface area contributed by atoms with Crippen molar-refractivity contribution in [3.63, 3.8) is 0 Å². The normalized spacial score (nSPS) is 10.6. The van der Waals surface area contributed by atoms with Gasteiger partial charge in [0.1, 0.15) is 5.75 Å². The number of carbonyl (C=O) groups excluding carboxylic acids is 1. The van der Waals surface area contributed by atoms with Crippen molar-refractivity contribution >= 4 is 28.6 Å². The number of hydrogen-bond donors (Lipinski definition) is 2. The second-order valence-electron chi connectivity index (χ2n) is 4.37. The number of methoxy groups -OCH3 is 1. The number of carbonyl (C=O) groups is 1. The Bertz CT molecular complexity index is 645. The van der Waals surface area contributed by atoms with Crippen molar-refractivity contribution in [1.29, 1.82) is 0 Å². The predicted octanol–water partition coefficient (Wildman–Crippen LogP) is 3.56. The Labute approximate surface area is 127 Å². The lowest BCUT2D eigenvalue weighted by Gasteiger charge is -2.01. The van der Waals surface area contributed by atoms with Crippen LogP contribution in [0.2, 0.25) is 0 Å². The lowest BCUT2D eigenvalue weighted by atomic mass is 10.2. The maximum Gasteiger partial charge on any atom is 0.325 e. The molecule has 1 heterocycles. The van der Waals surface area contributed by atoms with Crippen molar-refractivity contribution < 1.29 is 9.53 Å². The van der Waals surface area contributed by atoms with Crippen LogP contribution in [0.25, 0.3) is 6.08 Å². The Morgan fingerprint density at radius 1 is 1.38 bits per heavy atom. The Balaban J connectivity index is 1.89. The third-order valence-corrected chi connectivity index (χ3v) is 3.82. The maximum atomic E-state index is 11.7. The van der Waals surface area contributed by atoms with Gasteiger partial charge in [-0.1, -0.05) is 12.1 Å². The van der Waals surface area contributed by atoms with Crippen LogP contribution in [0, 0.1) is 13.8 Å². The highest BCUT2D eigenvalue weighted by Crippen LogP contribution is 2.20. The van der Waals surface area contributed by atoms with Gasteiger partial charge in [0.05, 0.1) is 12.8 Å². The van der Waals surface area contributed by atoms with Crippen molar-refractivity contribution in [2.24, 2.45) is 0 Å². The van der Waals surface area contributed by atoms with Crippen LogP contribution in [0.5, 0.6) is 5.75 Å². The smallest absolute Gasteiger partial charge is 0.325 e. The van der Waals surface area contributed by atoms with Gasteiger partial charge in [-0.25, -0.2) is 9.78 Å².